The van der Waals surface area contributed by atoms with Crippen molar-refractivity contribution in [3.05, 3.63) is 186 Å². The Morgan fingerprint density at radius 1 is 0.561 bits per heavy atom. The van der Waals surface area contributed by atoms with E-state index >= 15 is 0 Å². The minimum atomic E-state index is -0.179. The maximum absolute atomic E-state index is 3.68. The minimum Gasteiger partial charge on any atom is -0.355 e. The maximum atomic E-state index is 3.68. The molecule has 57 heavy (non-hydrogen) atoms. The molecule has 11 rings (SSSR count). The third-order valence-electron chi connectivity index (χ3n) is 12.7. The van der Waals surface area contributed by atoms with Gasteiger partial charge in [0.2, 0.25) is 0 Å². The van der Waals surface area contributed by atoms with E-state index in [0.717, 1.165) is 24.2 Å². The fourth-order valence-corrected chi connectivity index (χ4v) is 9.87. The molecule has 1 N–H and O–H groups in total. The highest BCUT2D eigenvalue weighted by atomic mass is 15.0. The molecule has 0 bridgehead atoms. The van der Waals surface area contributed by atoms with Crippen molar-refractivity contribution >= 4 is 50.2 Å². The molecule has 2 aliphatic rings. The van der Waals surface area contributed by atoms with Gasteiger partial charge in [0.25, 0.3) is 0 Å². The molecule has 0 saturated carbocycles. The highest BCUT2D eigenvalue weighted by Crippen LogP contribution is 2.53. The van der Waals surface area contributed by atoms with Crippen molar-refractivity contribution < 1.29 is 0 Å². The van der Waals surface area contributed by atoms with Crippen molar-refractivity contribution in [2.45, 2.75) is 51.9 Å². The summed E-state index contributed by atoms with van der Waals surface area (Å²) in [6.07, 6.45) is 6.81. The second kappa shape index (κ2) is 12.7. The Morgan fingerprint density at radius 2 is 1.14 bits per heavy atom. The van der Waals surface area contributed by atoms with Gasteiger partial charge in [0.05, 0.1) is 16.6 Å². The number of aromatic nitrogens is 2. The summed E-state index contributed by atoms with van der Waals surface area (Å²) < 4.78 is 4.96. The van der Waals surface area contributed by atoms with Gasteiger partial charge in [-0.2, -0.15) is 0 Å². The predicted molar refractivity (Wildman–Crippen MR) is 242 cm³/mol. The van der Waals surface area contributed by atoms with Crippen molar-refractivity contribution in [2.24, 2.45) is 0 Å². The van der Waals surface area contributed by atoms with Gasteiger partial charge in [-0.3, -0.25) is 0 Å². The van der Waals surface area contributed by atoms with Crippen molar-refractivity contribution in [1.82, 2.24) is 9.13 Å². The summed E-state index contributed by atoms with van der Waals surface area (Å²) in [5.41, 5.74) is 20.3. The lowest BCUT2D eigenvalue weighted by molar-refractivity contribution is 0.661. The van der Waals surface area contributed by atoms with E-state index in [1.165, 1.54) is 94.3 Å². The summed E-state index contributed by atoms with van der Waals surface area (Å²) in [5, 5.41) is 7.61. The fraction of sp³-hybridized carbons (Fsp3) is 0.148. The largest absolute Gasteiger partial charge is 0.355 e. The monoisotopic (exact) mass is 735 g/mol. The number of anilines is 2. The lowest BCUT2D eigenvalue weighted by Crippen LogP contribution is -2.15. The van der Waals surface area contributed by atoms with Gasteiger partial charge in [-0.15, -0.1) is 0 Å². The molecular weight excluding hydrogens is 691 g/mol. The average molecular weight is 736 g/mol. The Hall–Kier alpha value is -6.58. The van der Waals surface area contributed by atoms with Crippen molar-refractivity contribution in [1.29, 1.82) is 0 Å². The number of fused-ring (bicyclic) bond motifs is 9. The molecule has 3 heteroatoms. The van der Waals surface area contributed by atoms with Crippen molar-refractivity contribution in [2.75, 3.05) is 5.32 Å². The predicted octanol–water partition coefficient (Wildman–Crippen LogP) is 14.5. The molecule has 2 aliphatic carbocycles. The molecule has 0 atom stereocenters. The van der Waals surface area contributed by atoms with E-state index in [0.29, 0.717) is 5.92 Å². The third-order valence-corrected chi connectivity index (χ3v) is 12.7. The SMILES string of the molecule is CC(C)c1cc(-c2ccc3c(c2)c2cc4c(cc2n3-c2ccccc2)C(C)(C)c2cc3c(cc2-4)c2c(n3-c3ccccc3)C=CCC2)ccc1Nc1ccccc1. The van der Waals surface area contributed by atoms with Crippen LogP contribution in [0.2, 0.25) is 0 Å². The van der Waals surface area contributed by atoms with Crippen LogP contribution in [0.1, 0.15) is 68.0 Å². The number of rotatable bonds is 6. The molecule has 3 nitrogen and oxygen atoms in total. The van der Waals surface area contributed by atoms with Gasteiger partial charge in [-0.1, -0.05) is 101 Å². The second-order valence-electron chi connectivity index (χ2n) is 16.8. The Bertz CT molecular complexity index is 3070. The first kappa shape index (κ1) is 33.7. The summed E-state index contributed by atoms with van der Waals surface area (Å²) in [4.78, 5) is 0. The molecule has 2 heterocycles. The van der Waals surface area contributed by atoms with Crippen LogP contribution in [0.3, 0.4) is 0 Å². The van der Waals surface area contributed by atoms with Crippen LogP contribution in [0.4, 0.5) is 11.4 Å². The number of allylic oxidation sites excluding steroid dienone is 1. The van der Waals surface area contributed by atoms with E-state index < -0.39 is 0 Å². The highest BCUT2D eigenvalue weighted by molar-refractivity contribution is 6.13. The van der Waals surface area contributed by atoms with Crippen LogP contribution < -0.4 is 5.32 Å². The number of nitrogens with one attached hydrogen (secondary N) is 1. The summed E-state index contributed by atoms with van der Waals surface area (Å²) in [7, 11) is 0. The Kier molecular flexibility index (Phi) is 7.53. The molecule has 7 aromatic carbocycles. The lowest BCUT2D eigenvalue weighted by Gasteiger charge is -2.22. The fourth-order valence-electron chi connectivity index (χ4n) is 9.87. The van der Waals surface area contributed by atoms with E-state index in [9.17, 15) is 0 Å². The summed E-state index contributed by atoms with van der Waals surface area (Å²) in [6, 6.07) is 56.3. The van der Waals surface area contributed by atoms with E-state index in [4.69, 9.17) is 0 Å². The zero-order valence-electron chi connectivity index (χ0n) is 33.0. The number of benzene rings is 7. The number of aryl methyl sites for hydroxylation is 1. The molecule has 0 spiro atoms. The lowest BCUT2D eigenvalue weighted by atomic mass is 9.82. The zero-order valence-corrected chi connectivity index (χ0v) is 33.0. The summed E-state index contributed by atoms with van der Waals surface area (Å²) >= 11 is 0. The van der Waals surface area contributed by atoms with Crippen LogP contribution in [0, 0.1) is 0 Å². The molecule has 0 fully saturated rings. The molecule has 276 valence electrons. The molecule has 2 aromatic heterocycles. The van der Waals surface area contributed by atoms with Crippen LogP contribution in [0.25, 0.3) is 72.4 Å². The van der Waals surface area contributed by atoms with Gasteiger partial charge in [-0.05, 0) is 154 Å². The van der Waals surface area contributed by atoms with Crippen LogP contribution in [0.5, 0.6) is 0 Å². The van der Waals surface area contributed by atoms with Gasteiger partial charge in [0.15, 0.2) is 0 Å². The van der Waals surface area contributed by atoms with Gasteiger partial charge >= 0.3 is 0 Å². The molecule has 0 unspecified atom stereocenters. The van der Waals surface area contributed by atoms with Crippen LogP contribution in [0.15, 0.2) is 158 Å². The normalized spacial score (nSPS) is 14.1. The van der Waals surface area contributed by atoms with Crippen LogP contribution in [-0.2, 0) is 11.8 Å². The number of hydrogen-bond acceptors (Lipinski definition) is 1. The summed E-state index contributed by atoms with van der Waals surface area (Å²) in [6.45, 7) is 9.40. The molecule has 0 radical (unpaired) electrons. The maximum Gasteiger partial charge on any atom is 0.0544 e. The number of hydrogen-bond donors (Lipinski definition) is 1. The average Bonchev–Trinajstić information content (AvgIpc) is 3.82. The molecule has 0 aliphatic heterocycles. The Labute approximate surface area is 334 Å². The number of para-hydroxylation sites is 3. The smallest absolute Gasteiger partial charge is 0.0544 e. The van der Waals surface area contributed by atoms with E-state index in [1.807, 2.05) is 0 Å². The zero-order chi connectivity index (χ0) is 38.4. The molecule has 9 aromatic rings. The Balaban J connectivity index is 1.13. The minimum absolute atomic E-state index is 0.179. The number of nitrogens with zero attached hydrogens (tertiary/aromatic N) is 2. The highest BCUT2D eigenvalue weighted by Gasteiger charge is 2.38. The van der Waals surface area contributed by atoms with Crippen molar-refractivity contribution in [3.8, 4) is 33.6 Å². The summed E-state index contributed by atoms with van der Waals surface area (Å²) in [5.74, 6) is 0.364. The first-order valence-electron chi connectivity index (χ1n) is 20.4. The second-order valence-corrected chi connectivity index (χ2v) is 16.8. The van der Waals surface area contributed by atoms with Gasteiger partial charge in [0, 0.05) is 50.0 Å². The molecule has 0 saturated heterocycles. The van der Waals surface area contributed by atoms with Gasteiger partial charge in [-0.25, -0.2) is 0 Å². The third kappa shape index (κ3) is 5.18. The molecule has 0 amide bonds. The first-order chi connectivity index (χ1) is 27.8. The molecular formula is C54H45N3. The quantitative estimate of drug-likeness (QED) is 0.180. The topological polar surface area (TPSA) is 21.9 Å². The van der Waals surface area contributed by atoms with Crippen LogP contribution in [-0.4, -0.2) is 9.13 Å². The van der Waals surface area contributed by atoms with Gasteiger partial charge in [0.1, 0.15) is 0 Å². The van der Waals surface area contributed by atoms with Crippen molar-refractivity contribution in [3.63, 3.8) is 0 Å². The Morgan fingerprint density at radius 3 is 1.82 bits per heavy atom. The standard InChI is InChI=1S/C54H45N3/c1-34(2)41-28-35(24-26-49(41)55-37-16-8-5-9-17-37)36-25-27-51-44(29-36)46-31-43-42-30-45-40-22-14-15-23-50(40)56(38-18-10-6-11-19-38)52(45)32-47(42)54(3,4)48(43)33-53(46)57(51)39-20-12-7-13-21-39/h5-13,15-21,23-34,55H,14,22H2,1-4H3. The van der Waals surface area contributed by atoms with E-state index in [1.54, 1.807) is 0 Å². The van der Waals surface area contributed by atoms with E-state index in [-0.39, 0.29) is 5.41 Å². The van der Waals surface area contributed by atoms with Gasteiger partial charge < -0.3 is 14.5 Å². The van der Waals surface area contributed by atoms with Crippen LogP contribution >= 0.6 is 0 Å². The van der Waals surface area contributed by atoms with E-state index in [2.05, 4.69) is 206 Å². The first-order valence-corrected chi connectivity index (χ1v) is 20.4.